The summed E-state index contributed by atoms with van der Waals surface area (Å²) in [5, 5.41) is 94.1. The minimum atomic E-state index is -1.14. The maximum atomic E-state index is 13.9. The topological polar surface area (TPSA) is 288 Å². The molecule has 0 aliphatic carbocycles. The molecule has 0 radical (unpaired) electrons. The minimum Gasteiger partial charge on any atom is -0.459 e. The van der Waals surface area contributed by atoms with Crippen molar-refractivity contribution in [3.63, 3.8) is 0 Å². The average molecular weight is 1390 g/mol. The third kappa shape index (κ3) is 28.1. The Hall–Kier alpha value is -3.26. The Labute approximate surface area is 587 Å². The van der Waals surface area contributed by atoms with Crippen molar-refractivity contribution in [1.29, 1.82) is 0 Å². The molecule has 0 saturated carbocycles. The second-order valence-electron chi connectivity index (χ2n) is 30.3. The van der Waals surface area contributed by atoms with Gasteiger partial charge in [0.2, 0.25) is 0 Å². The Morgan fingerprint density at radius 2 is 0.939 bits per heavy atom. The molecule has 5 aliphatic rings. The van der Waals surface area contributed by atoms with Crippen LogP contribution in [0, 0.1) is 47.3 Å². The predicted octanol–water partition coefficient (Wildman–Crippen LogP) is 10.1. The van der Waals surface area contributed by atoms with E-state index in [9.17, 15) is 50.4 Å². The summed E-state index contributed by atoms with van der Waals surface area (Å²) in [6.07, 6.45) is 14.3. The van der Waals surface area contributed by atoms with Crippen molar-refractivity contribution in [3.05, 3.63) is 71.9 Å². The van der Waals surface area contributed by atoms with Gasteiger partial charge in [-0.05, 0) is 123 Å². The second-order valence-corrected chi connectivity index (χ2v) is 30.3. The number of ether oxygens (including phenoxy) is 10. The molecule has 98 heavy (non-hydrogen) atoms. The van der Waals surface area contributed by atoms with Crippen molar-refractivity contribution in [1.82, 2.24) is 0 Å². The van der Waals surface area contributed by atoms with Crippen LogP contribution in [0.4, 0.5) is 0 Å². The van der Waals surface area contributed by atoms with Gasteiger partial charge in [-0.15, -0.1) is 0 Å². The fourth-order valence-corrected chi connectivity index (χ4v) is 15.3. The maximum Gasteiger partial charge on any atom is 0.331 e. The minimum absolute atomic E-state index is 0.00955. The second kappa shape index (κ2) is 43.1. The molecule has 20 heteroatoms. The van der Waals surface area contributed by atoms with Crippen LogP contribution in [0.3, 0.4) is 0 Å². The van der Waals surface area contributed by atoms with Crippen LogP contribution >= 0.6 is 0 Å². The molecule has 5 rings (SSSR count). The number of cyclic esters (lactones) is 2. The molecule has 20 nitrogen and oxygen atoms in total. The Morgan fingerprint density at radius 1 is 0.490 bits per heavy atom. The highest BCUT2D eigenvalue weighted by molar-refractivity contribution is 5.83. The first-order valence-corrected chi connectivity index (χ1v) is 37.1. The van der Waals surface area contributed by atoms with E-state index in [0.29, 0.717) is 50.5 Å². The normalized spacial score (nSPS) is 39.3. The number of carbonyl (C=O) groups excluding carboxylic acids is 2. The lowest BCUT2D eigenvalue weighted by molar-refractivity contribution is -0.155. The number of hydrogen-bond donors (Lipinski definition) is 8. The summed E-state index contributed by atoms with van der Waals surface area (Å²) in [5.41, 5.74) is 1.41. The summed E-state index contributed by atoms with van der Waals surface area (Å²) in [7, 11) is 6.59. The number of hydrogen-bond acceptors (Lipinski definition) is 20. The van der Waals surface area contributed by atoms with Crippen LogP contribution in [-0.2, 0) is 57.0 Å². The summed E-state index contributed by atoms with van der Waals surface area (Å²) in [6, 6.07) is 0. The van der Waals surface area contributed by atoms with Gasteiger partial charge in [0.05, 0.1) is 122 Å². The van der Waals surface area contributed by atoms with Crippen LogP contribution in [0.5, 0.6) is 0 Å². The molecule has 5 heterocycles. The molecule has 0 aromatic heterocycles. The molecule has 4 bridgehead atoms. The number of carbonyl (C=O) groups is 2. The van der Waals surface area contributed by atoms with Gasteiger partial charge in [0.1, 0.15) is 12.2 Å². The Balaban J connectivity index is 1.37. The molecular weight excluding hydrogens is 1260 g/mol. The number of allylic oxidation sites excluding steroid dienone is 4. The largest absolute Gasteiger partial charge is 0.459 e. The van der Waals surface area contributed by atoms with Crippen molar-refractivity contribution in [2.24, 2.45) is 47.3 Å². The van der Waals surface area contributed by atoms with Crippen molar-refractivity contribution < 1.29 is 97.8 Å². The van der Waals surface area contributed by atoms with Gasteiger partial charge in [0, 0.05) is 108 Å². The molecule has 0 amide bonds. The quantitative estimate of drug-likeness (QED) is 0.0527. The first kappa shape index (κ1) is 85.4. The number of methoxy groups -OCH3 is 4. The highest BCUT2D eigenvalue weighted by Gasteiger charge is 2.42. The summed E-state index contributed by atoms with van der Waals surface area (Å²) < 4.78 is 61.4. The Bertz CT molecular complexity index is 2480. The average Bonchev–Trinajstić information content (AvgIpc) is 0.907. The van der Waals surface area contributed by atoms with Gasteiger partial charge in [0.25, 0.3) is 0 Å². The third-order valence-corrected chi connectivity index (χ3v) is 22.3. The molecule has 8 N–H and O–H groups in total. The van der Waals surface area contributed by atoms with Crippen LogP contribution < -0.4 is 0 Å². The van der Waals surface area contributed by atoms with E-state index in [1.165, 1.54) is 12.2 Å². The SMILES string of the molecule is CO[C@@H]1CC(C)OC(CCC(C)[C@H](O)[C@H](C)[C@@H](O)[C@@H](C)[C@H]2C[C@H](O)[C@H](C)[C@@H](OC)C[C@@H]3CC=C[C@@H](C[C@@H](O)CC=C(C)C=CC(=O)OC(C(C)CCC4C[C@H](OC)C[C@H](C)O4)[C@H](C)[C@@H](O)[C@@H](C)[C@@H](O)C[C@H](O)[C@H](C)[C@@H](OC)C[C@@H]4CC=CC(C[C@@H](O)CC=C(C)C=CC(=O)O2)O4)O3)C1. The fraction of sp³-hybridized carbons (Fsp3) is 0.821. The van der Waals surface area contributed by atoms with E-state index in [1.807, 2.05) is 98.8 Å². The molecule has 2 saturated heterocycles. The maximum absolute atomic E-state index is 13.9. The summed E-state index contributed by atoms with van der Waals surface area (Å²) in [4.78, 5) is 27.7. The summed E-state index contributed by atoms with van der Waals surface area (Å²) >= 11 is 0. The zero-order chi connectivity index (χ0) is 72.5. The van der Waals surface area contributed by atoms with Crippen molar-refractivity contribution in [2.45, 2.75) is 333 Å². The molecule has 0 aromatic rings. The van der Waals surface area contributed by atoms with Gasteiger partial charge < -0.3 is 88.2 Å². The predicted molar refractivity (Wildman–Crippen MR) is 377 cm³/mol. The molecule has 0 spiro atoms. The standard InChI is InChI=1S/C78H132O20/c1-45-23-29-57(79)37-59-19-17-21-61(95-59)41-70(91-15)51(7)67(81)43-68(82)53(9)76(87)56(12)78(48(4)28-32-64-40-66(90-14)36-50(6)94-64)98-74(85)34-26-46(2)24-30-58(80)38-60-20-18-22-62(96-60)42-71(92-16)52(8)69(83)44-72(97-73(84)33-25-45)54(10)77(88)55(11)75(86)47(3)27-31-63-39-65(89-13)35-49(5)93-63/h17-20,23-26,33-34,47-72,75-83,86-88H,21-22,27-32,35-44H2,1-16H3/t47?,48?,49?,50-,51-,52-,53-,54-,55-,56+,57-,58-,59?,60-,61-,62-,63?,64?,65+,66+,67-,68-,69-,70-,71-,72+,75-,76-,77-,78?/m0/s1. The van der Waals surface area contributed by atoms with E-state index in [1.54, 1.807) is 61.4 Å². The summed E-state index contributed by atoms with van der Waals surface area (Å²) in [6.45, 7) is 22.5. The number of rotatable bonds is 16. The van der Waals surface area contributed by atoms with Crippen molar-refractivity contribution >= 4 is 11.9 Å². The van der Waals surface area contributed by atoms with E-state index >= 15 is 0 Å². The Morgan fingerprint density at radius 3 is 1.41 bits per heavy atom. The molecule has 0 aromatic carbocycles. The van der Waals surface area contributed by atoms with Gasteiger partial charge in [0.15, 0.2) is 0 Å². The van der Waals surface area contributed by atoms with Crippen LogP contribution in [-0.4, -0.2) is 216 Å². The smallest absolute Gasteiger partial charge is 0.331 e. The molecule has 30 atom stereocenters. The first-order valence-electron chi connectivity index (χ1n) is 37.1. The van der Waals surface area contributed by atoms with Gasteiger partial charge in [-0.2, -0.15) is 0 Å². The lowest BCUT2D eigenvalue weighted by atomic mass is 9.79. The lowest BCUT2D eigenvalue weighted by Gasteiger charge is -2.38. The third-order valence-electron chi connectivity index (χ3n) is 22.3. The van der Waals surface area contributed by atoms with E-state index in [0.717, 1.165) is 37.7 Å². The summed E-state index contributed by atoms with van der Waals surface area (Å²) in [5.74, 6) is -5.42. The zero-order valence-corrected chi connectivity index (χ0v) is 62.3. The van der Waals surface area contributed by atoms with E-state index in [-0.39, 0.29) is 99.2 Å². The molecular formula is C78H132O20. The van der Waals surface area contributed by atoms with Crippen molar-refractivity contribution in [3.8, 4) is 0 Å². The van der Waals surface area contributed by atoms with Crippen LogP contribution in [0.2, 0.25) is 0 Å². The van der Waals surface area contributed by atoms with Crippen LogP contribution in [0.1, 0.15) is 199 Å². The van der Waals surface area contributed by atoms with E-state index < -0.39 is 133 Å². The first-order chi connectivity index (χ1) is 46.4. The number of fused-ring (bicyclic) bond motifs is 4. The number of aliphatic hydroxyl groups excluding tert-OH is 8. The molecule has 5 aliphatic heterocycles. The van der Waals surface area contributed by atoms with E-state index in [2.05, 4.69) is 0 Å². The molecule has 2 fully saturated rings. The van der Waals surface area contributed by atoms with Gasteiger partial charge in [-0.1, -0.05) is 115 Å². The number of esters is 2. The molecule has 564 valence electrons. The monoisotopic (exact) mass is 1390 g/mol. The van der Waals surface area contributed by atoms with Crippen LogP contribution in [0.15, 0.2) is 71.9 Å². The van der Waals surface area contributed by atoms with Crippen LogP contribution in [0.25, 0.3) is 0 Å². The van der Waals surface area contributed by atoms with Gasteiger partial charge in [-0.3, -0.25) is 0 Å². The molecule has 7 unspecified atom stereocenters. The highest BCUT2D eigenvalue weighted by atomic mass is 16.6. The fourth-order valence-electron chi connectivity index (χ4n) is 15.3. The lowest BCUT2D eigenvalue weighted by Crippen LogP contribution is -2.45. The number of aliphatic hydroxyl groups is 8. The zero-order valence-electron chi connectivity index (χ0n) is 62.3. The van der Waals surface area contributed by atoms with Gasteiger partial charge >= 0.3 is 11.9 Å². The van der Waals surface area contributed by atoms with Gasteiger partial charge in [-0.25, -0.2) is 9.59 Å². The van der Waals surface area contributed by atoms with Crippen molar-refractivity contribution in [2.75, 3.05) is 28.4 Å². The van der Waals surface area contributed by atoms with E-state index in [4.69, 9.17) is 47.4 Å². The highest BCUT2D eigenvalue weighted by Crippen LogP contribution is 2.37. The Kier molecular flexibility index (Phi) is 37.6.